The highest BCUT2D eigenvalue weighted by molar-refractivity contribution is 6.10. The zero-order valence-corrected chi connectivity index (χ0v) is 24.3. The third kappa shape index (κ3) is 4.27. The molecule has 0 radical (unpaired) electrons. The molecule has 0 bridgehead atoms. The Bertz CT molecular complexity index is 2480. The van der Waals surface area contributed by atoms with E-state index in [1.165, 1.54) is 43.4 Å². The van der Waals surface area contributed by atoms with E-state index >= 15 is 0 Å². The molecule has 0 saturated carbocycles. The van der Waals surface area contributed by atoms with Crippen LogP contribution in [0, 0.1) is 0 Å². The summed E-state index contributed by atoms with van der Waals surface area (Å²) in [6, 6.07) is 55.1. The largest absolute Gasteiger partial charge is 0.309 e. The van der Waals surface area contributed by atoms with E-state index in [0.717, 1.165) is 22.4 Å². The number of aromatic nitrogens is 4. The first-order valence-corrected chi connectivity index (χ1v) is 15.1. The van der Waals surface area contributed by atoms with Gasteiger partial charge in [0.2, 0.25) is 0 Å². The lowest BCUT2D eigenvalue weighted by Gasteiger charge is -2.11. The SMILES string of the molecule is c1ccc(-c2nc(-c3ccc(-n4c5ccccc5c5ccccc54)cc3)nc(-c3ccc4ccc5ccccc5c4c3)n2)cc1. The number of fused-ring (bicyclic) bond motifs is 6. The van der Waals surface area contributed by atoms with Gasteiger partial charge in [0, 0.05) is 33.2 Å². The first-order chi connectivity index (χ1) is 22.3. The van der Waals surface area contributed by atoms with Gasteiger partial charge in [-0.25, -0.2) is 15.0 Å². The third-order valence-electron chi connectivity index (χ3n) is 8.64. The fraction of sp³-hybridized carbons (Fsp3) is 0. The van der Waals surface area contributed by atoms with Crippen molar-refractivity contribution in [3.63, 3.8) is 0 Å². The van der Waals surface area contributed by atoms with Gasteiger partial charge in [-0.15, -0.1) is 0 Å². The molecule has 0 aliphatic rings. The van der Waals surface area contributed by atoms with Crippen molar-refractivity contribution in [2.75, 3.05) is 0 Å². The van der Waals surface area contributed by atoms with E-state index in [1.54, 1.807) is 0 Å². The molecule has 9 aromatic rings. The van der Waals surface area contributed by atoms with E-state index < -0.39 is 0 Å². The average molecular weight is 575 g/mol. The third-order valence-corrected chi connectivity index (χ3v) is 8.64. The van der Waals surface area contributed by atoms with Gasteiger partial charge in [-0.3, -0.25) is 0 Å². The molecule has 0 atom stereocenters. The minimum absolute atomic E-state index is 0.644. The molecule has 4 heteroatoms. The molecule has 0 aliphatic carbocycles. The normalized spacial score (nSPS) is 11.6. The smallest absolute Gasteiger partial charge is 0.164 e. The van der Waals surface area contributed by atoms with Gasteiger partial charge in [-0.1, -0.05) is 115 Å². The van der Waals surface area contributed by atoms with Crippen LogP contribution in [-0.4, -0.2) is 19.5 Å². The molecule has 9 rings (SSSR count). The fourth-order valence-electron chi connectivity index (χ4n) is 6.45. The lowest BCUT2D eigenvalue weighted by molar-refractivity contribution is 1.07. The fourth-order valence-corrected chi connectivity index (χ4v) is 6.45. The van der Waals surface area contributed by atoms with Crippen LogP contribution in [0.3, 0.4) is 0 Å². The van der Waals surface area contributed by atoms with Gasteiger partial charge in [0.15, 0.2) is 17.5 Å². The summed E-state index contributed by atoms with van der Waals surface area (Å²) in [6.07, 6.45) is 0. The van der Waals surface area contributed by atoms with Crippen LogP contribution < -0.4 is 0 Å². The van der Waals surface area contributed by atoms with E-state index in [0.29, 0.717) is 17.5 Å². The Balaban J connectivity index is 1.20. The Morgan fingerprint density at radius 2 is 0.800 bits per heavy atom. The molecule has 0 saturated heterocycles. The van der Waals surface area contributed by atoms with Crippen LogP contribution in [0.4, 0.5) is 0 Å². The topological polar surface area (TPSA) is 43.6 Å². The maximum atomic E-state index is 5.05. The van der Waals surface area contributed by atoms with Crippen molar-refractivity contribution in [1.82, 2.24) is 19.5 Å². The number of rotatable bonds is 4. The highest BCUT2D eigenvalue weighted by Gasteiger charge is 2.15. The second-order valence-electron chi connectivity index (χ2n) is 11.3. The summed E-state index contributed by atoms with van der Waals surface area (Å²) in [5.41, 5.74) is 6.31. The van der Waals surface area contributed by atoms with E-state index in [2.05, 4.69) is 132 Å². The summed E-state index contributed by atoms with van der Waals surface area (Å²) in [5, 5.41) is 7.30. The van der Waals surface area contributed by atoms with Gasteiger partial charge < -0.3 is 4.57 Å². The van der Waals surface area contributed by atoms with Crippen molar-refractivity contribution in [3.8, 4) is 39.9 Å². The summed E-state index contributed by atoms with van der Waals surface area (Å²) >= 11 is 0. The van der Waals surface area contributed by atoms with Crippen LogP contribution in [0.5, 0.6) is 0 Å². The van der Waals surface area contributed by atoms with Crippen LogP contribution in [0.2, 0.25) is 0 Å². The summed E-state index contributed by atoms with van der Waals surface area (Å²) in [7, 11) is 0. The lowest BCUT2D eigenvalue weighted by Crippen LogP contribution is -2.00. The second-order valence-corrected chi connectivity index (χ2v) is 11.3. The van der Waals surface area contributed by atoms with E-state index in [4.69, 9.17) is 15.0 Å². The summed E-state index contributed by atoms with van der Waals surface area (Å²) < 4.78 is 2.32. The van der Waals surface area contributed by atoms with Crippen molar-refractivity contribution in [2.45, 2.75) is 0 Å². The van der Waals surface area contributed by atoms with Gasteiger partial charge in [-0.05, 0) is 64.0 Å². The van der Waals surface area contributed by atoms with Crippen LogP contribution in [0.15, 0.2) is 158 Å². The molecule has 2 aromatic heterocycles. The average Bonchev–Trinajstić information content (AvgIpc) is 3.46. The number of nitrogens with zero attached hydrogens (tertiary/aromatic N) is 4. The minimum Gasteiger partial charge on any atom is -0.309 e. The van der Waals surface area contributed by atoms with Gasteiger partial charge in [0.1, 0.15) is 0 Å². The van der Waals surface area contributed by atoms with E-state index in [1.807, 2.05) is 30.3 Å². The van der Waals surface area contributed by atoms with Crippen LogP contribution in [0.25, 0.3) is 83.2 Å². The molecule has 7 aromatic carbocycles. The monoisotopic (exact) mass is 574 g/mol. The van der Waals surface area contributed by atoms with Crippen LogP contribution >= 0.6 is 0 Å². The maximum Gasteiger partial charge on any atom is 0.164 e. The Morgan fingerprint density at radius 3 is 1.47 bits per heavy atom. The number of benzene rings is 7. The number of hydrogen-bond acceptors (Lipinski definition) is 3. The van der Waals surface area contributed by atoms with Gasteiger partial charge in [-0.2, -0.15) is 0 Å². The molecule has 2 heterocycles. The van der Waals surface area contributed by atoms with Gasteiger partial charge >= 0.3 is 0 Å². The predicted molar refractivity (Wildman–Crippen MR) is 185 cm³/mol. The molecule has 0 amide bonds. The maximum absolute atomic E-state index is 5.05. The van der Waals surface area contributed by atoms with Crippen LogP contribution in [-0.2, 0) is 0 Å². The minimum atomic E-state index is 0.644. The molecule has 0 fully saturated rings. The highest BCUT2D eigenvalue weighted by Crippen LogP contribution is 2.34. The zero-order chi connectivity index (χ0) is 29.7. The lowest BCUT2D eigenvalue weighted by atomic mass is 10.00. The molecule has 45 heavy (non-hydrogen) atoms. The Labute approximate surface area is 259 Å². The van der Waals surface area contributed by atoms with Gasteiger partial charge in [0.25, 0.3) is 0 Å². The number of hydrogen-bond donors (Lipinski definition) is 0. The van der Waals surface area contributed by atoms with E-state index in [-0.39, 0.29) is 0 Å². The van der Waals surface area contributed by atoms with Gasteiger partial charge in [0.05, 0.1) is 11.0 Å². The molecule has 0 N–H and O–H groups in total. The summed E-state index contributed by atoms with van der Waals surface area (Å²) in [4.78, 5) is 15.0. The Morgan fingerprint density at radius 1 is 0.333 bits per heavy atom. The molecule has 4 nitrogen and oxygen atoms in total. The summed E-state index contributed by atoms with van der Waals surface area (Å²) in [5.74, 6) is 1.95. The van der Waals surface area contributed by atoms with Crippen molar-refractivity contribution in [3.05, 3.63) is 158 Å². The van der Waals surface area contributed by atoms with Crippen molar-refractivity contribution < 1.29 is 0 Å². The zero-order valence-electron chi connectivity index (χ0n) is 24.3. The van der Waals surface area contributed by atoms with E-state index in [9.17, 15) is 0 Å². The molecule has 210 valence electrons. The predicted octanol–water partition coefficient (Wildman–Crippen LogP) is 10.3. The van der Waals surface area contributed by atoms with Crippen molar-refractivity contribution >= 4 is 43.4 Å². The summed E-state index contributed by atoms with van der Waals surface area (Å²) in [6.45, 7) is 0. The Hall–Kier alpha value is -6.13. The highest BCUT2D eigenvalue weighted by atomic mass is 15.0. The molecule has 0 spiro atoms. The second kappa shape index (κ2) is 10.2. The molecular formula is C41H26N4. The van der Waals surface area contributed by atoms with Crippen LogP contribution in [0.1, 0.15) is 0 Å². The molecular weight excluding hydrogens is 548 g/mol. The van der Waals surface area contributed by atoms with Crippen molar-refractivity contribution in [1.29, 1.82) is 0 Å². The number of para-hydroxylation sites is 2. The van der Waals surface area contributed by atoms with Crippen molar-refractivity contribution in [2.24, 2.45) is 0 Å². The quantitative estimate of drug-likeness (QED) is 0.196. The first-order valence-electron chi connectivity index (χ1n) is 15.1. The molecule has 0 aliphatic heterocycles. The Kier molecular flexibility index (Phi) is 5.78. The standard InChI is InChI=1S/C41H26N4/c1-2-11-29(12-3-1)39-42-40(44-41(43-39)31-21-20-28-19-18-27-10-4-5-13-33(27)36(28)26-31)30-22-24-32(25-23-30)45-37-16-8-6-14-34(37)35-15-7-9-17-38(35)45/h1-26H. The molecule has 0 unspecified atom stereocenters. The first kappa shape index (κ1) is 25.4.